The maximum absolute atomic E-state index is 5.88. The zero-order valence-corrected chi connectivity index (χ0v) is 13.6. The topological polar surface area (TPSA) is 29.0 Å². The van der Waals surface area contributed by atoms with E-state index >= 15 is 0 Å². The van der Waals surface area contributed by atoms with Crippen LogP contribution in [0.2, 0.25) is 0 Å². The number of rotatable bonds is 5. The maximum atomic E-state index is 5.88. The van der Waals surface area contributed by atoms with E-state index in [1.165, 1.54) is 24.9 Å². The van der Waals surface area contributed by atoms with Crippen molar-refractivity contribution in [2.45, 2.75) is 31.7 Å². The van der Waals surface area contributed by atoms with E-state index in [1.807, 2.05) is 18.5 Å². The zero-order chi connectivity index (χ0) is 13.9. The minimum Gasteiger partial charge on any atom is -0.367 e. The molecule has 0 N–H and O–H groups in total. The second-order valence-corrected chi connectivity index (χ2v) is 6.47. The fourth-order valence-electron chi connectivity index (χ4n) is 2.65. The minimum atomic E-state index is 0.634. The van der Waals surface area contributed by atoms with Crippen LogP contribution in [0.4, 0.5) is 5.69 Å². The van der Waals surface area contributed by atoms with E-state index in [0.717, 1.165) is 28.5 Å². The van der Waals surface area contributed by atoms with Crippen molar-refractivity contribution in [3.8, 4) is 0 Å². The number of fused-ring (bicyclic) bond motifs is 1. The lowest BCUT2D eigenvalue weighted by molar-refractivity contribution is 0.386. The van der Waals surface area contributed by atoms with E-state index in [9.17, 15) is 0 Å². The zero-order valence-electron chi connectivity index (χ0n) is 11.2. The first kappa shape index (κ1) is 14.1. The van der Waals surface area contributed by atoms with Gasteiger partial charge in [0, 0.05) is 35.3 Å². The summed E-state index contributed by atoms with van der Waals surface area (Å²) in [4.78, 5) is 11.5. The van der Waals surface area contributed by atoms with E-state index in [2.05, 4.69) is 36.9 Å². The number of hydrogen-bond donors (Lipinski definition) is 0. The first-order chi connectivity index (χ1) is 9.79. The standard InChI is InChI=1S/C15H17BrClN3/c16-11-9-13-15(19-10-11)14(5-7-18-13)20(8-2-6-17)12-3-1-4-12/h5,7,9-10,12H,1-4,6,8H2. The van der Waals surface area contributed by atoms with Crippen molar-refractivity contribution in [3.05, 3.63) is 29.0 Å². The van der Waals surface area contributed by atoms with Crippen LogP contribution in [0.5, 0.6) is 0 Å². The molecule has 2 aromatic heterocycles. The molecule has 0 amide bonds. The molecule has 0 aliphatic heterocycles. The summed E-state index contributed by atoms with van der Waals surface area (Å²) in [5.74, 6) is 0.700. The Balaban J connectivity index is 2.00. The molecule has 0 spiro atoms. The van der Waals surface area contributed by atoms with Crippen molar-refractivity contribution in [2.75, 3.05) is 17.3 Å². The largest absolute Gasteiger partial charge is 0.367 e. The molecule has 0 aromatic carbocycles. The molecule has 1 saturated carbocycles. The Morgan fingerprint density at radius 1 is 1.35 bits per heavy atom. The fraction of sp³-hybridized carbons (Fsp3) is 0.467. The highest BCUT2D eigenvalue weighted by Gasteiger charge is 2.26. The summed E-state index contributed by atoms with van der Waals surface area (Å²) in [5, 5.41) is 0. The average Bonchev–Trinajstić information content (AvgIpc) is 2.40. The number of aromatic nitrogens is 2. The first-order valence-electron chi connectivity index (χ1n) is 7.02. The SMILES string of the molecule is ClCCCN(c1ccnc2cc(Br)cnc12)C1CCC1. The molecule has 1 fully saturated rings. The molecule has 0 unspecified atom stereocenters. The van der Waals surface area contributed by atoms with Gasteiger partial charge in [-0.25, -0.2) is 0 Å². The lowest BCUT2D eigenvalue weighted by Crippen LogP contribution is -2.41. The van der Waals surface area contributed by atoms with Crippen LogP contribution in [0.3, 0.4) is 0 Å². The van der Waals surface area contributed by atoms with Crippen LogP contribution in [0, 0.1) is 0 Å². The van der Waals surface area contributed by atoms with Crippen LogP contribution in [-0.2, 0) is 0 Å². The van der Waals surface area contributed by atoms with Gasteiger partial charge in [0.05, 0.1) is 11.2 Å². The van der Waals surface area contributed by atoms with Crippen LogP contribution in [0.1, 0.15) is 25.7 Å². The van der Waals surface area contributed by atoms with Gasteiger partial charge in [0.25, 0.3) is 0 Å². The van der Waals surface area contributed by atoms with Crippen molar-refractivity contribution in [1.82, 2.24) is 9.97 Å². The van der Waals surface area contributed by atoms with Gasteiger partial charge >= 0.3 is 0 Å². The molecular formula is C15H17BrClN3. The first-order valence-corrected chi connectivity index (χ1v) is 8.35. The van der Waals surface area contributed by atoms with Crippen molar-refractivity contribution < 1.29 is 0 Å². The lowest BCUT2D eigenvalue weighted by Gasteiger charge is -2.39. The van der Waals surface area contributed by atoms with Crippen molar-refractivity contribution in [3.63, 3.8) is 0 Å². The minimum absolute atomic E-state index is 0.634. The molecule has 2 heterocycles. The van der Waals surface area contributed by atoms with E-state index < -0.39 is 0 Å². The van der Waals surface area contributed by atoms with Gasteiger partial charge in [-0.2, -0.15) is 0 Å². The normalized spacial score (nSPS) is 15.3. The highest BCUT2D eigenvalue weighted by atomic mass is 79.9. The molecule has 0 atom stereocenters. The Labute approximate surface area is 132 Å². The molecular weight excluding hydrogens is 338 g/mol. The number of alkyl halides is 1. The number of anilines is 1. The molecule has 0 bridgehead atoms. The molecule has 2 aromatic rings. The molecule has 3 nitrogen and oxygen atoms in total. The van der Waals surface area contributed by atoms with Gasteiger partial charge < -0.3 is 4.90 Å². The predicted molar refractivity (Wildman–Crippen MR) is 87.6 cm³/mol. The third-order valence-electron chi connectivity index (χ3n) is 3.88. The van der Waals surface area contributed by atoms with Gasteiger partial charge in [0.15, 0.2) is 0 Å². The molecule has 5 heteroatoms. The van der Waals surface area contributed by atoms with E-state index in [1.54, 1.807) is 0 Å². The molecule has 1 aliphatic carbocycles. The van der Waals surface area contributed by atoms with Gasteiger partial charge in [0.2, 0.25) is 0 Å². The summed E-state index contributed by atoms with van der Waals surface area (Å²) < 4.78 is 0.964. The predicted octanol–water partition coefficient (Wildman–Crippen LogP) is 4.38. The average molecular weight is 355 g/mol. The van der Waals surface area contributed by atoms with E-state index in [4.69, 9.17) is 11.6 Å². The summed E-state index contributed by atoms with van der Waals surface area (Å²) in [5.41, 5.74) is 3.11. The summed E-state index contributed by atoms with van der Waals surface area (Å²) in [6.45, 7) is 0.991. The Bertz CT molecular complexity index is 601. The Morgan fingerprint density at radius 3 is 2.90 bits per heavy atom. The monoisotopic (exact) mass is 353 g/mol. The molecule has 1 aliphatic rings. The third kappa shape index (κ3) is 2.77. The van der Waals surface area contributed by atoms with E-state index in [-0.39, 0.29) is 0 Å². The quantitative estimate of drug-likeness (QED) is 0.746. The number of hydrogen-bond acceptors (Lipinski definition) is 3. The third-order valence-corrected chi connectivity index (χ3v) is 4.58. The molecule has 0 saturated heterocycles. The number of halogens is 2. The van der Waals surface area contributed by atoms with Crippen LogP contribution in [0.15, 0.2) is 29.0 Å². The van der Waals surface area contributed by atoms with Crippen LogP contribution in [0.25, 0.3) is 11.0 Å². The number of pyridine rings is 2. The fourth-order valence-corrected chi connectivity index (χ4v) is 3.09. The van der Waals surface area contributed by atoms with Gasteiger partial charge in [-0.05, 0) is 53.7 Å². The van der Waals surface area contributed by atoms with Gasteiger partial charge in [-0.3, -0.25) is 9.97 Å². The van der Waals surface area contributed by atoms with Gasteiger partial charge in [0.1, 0.15) is 5.52 Å². The maximum Gasteiger partial charge on any atom is 0.112 e. The Morgan fingerprint density at radius 2 is 2.20 bits per heavy atom. The summed E-state index contributed by atoms with van der Waals surface area (Å²) in [7, 11) is 0. The van der Waals surface area contributed by atoms with Crippen molar-refractivity contribution in [1.29, 1.82) is 0 Å². The summed E-state index contributed by atoms with van der Waals surface area (Å²) in [6, 6.07) is 4.73. The van der Waals surface area contributed by atoms with E-state index in [0.29, 0.717) is 11.9 Å². The van der Waals surface area contributed by atoms with Crippen LogP contribution in [-0.4, -0.2) is 28.4 Å². The highest BCUT2D eigenvalue weighted by Crippen LogP contribution is 2.33. The van der Waals surface area contributed by atoms with Crippen LogP contribution >= 0.6 is 27.5 Å². The molecule has 3 rings (SSSR count). The second-order valence-electron chi connectivity index (χ2n) is 5.17. The molecule has 0 radical (unpaired) electrons. The summed E-state index contributed by atoms with van der Waals surface area (Å²) in [6.07, 6.45) is 8.57. The summed E-state index contributed by atoms with van der Waals surface area (Å²) >= 11 is 9.33. The van der Waals surface area contributed by atoms with Crippen molar-refractivity contribution in [2.24, 2.45) is 0 Å². The van der Waals surface area contributed by atoms with Gasteiger partial charge in [-0.15, -0.1) is 11.6 Å². The smallest absolute Gasteiger partial charge is 0.112 e. The Kier molecular flexibility index (Phi) is 4.41. The molecule has 20 heavy (non-hydrogen) atoms. The van der Waals surface area contributed by atoms with Crippen LogP contribution < -0.4 is 4.90 Å². The van der Waals surface area contributed by atoms with Crippen molar-refractivity contribution >= 4 is 44.3 Å². The number of nitrogens with zero attached hydrogens (tertiary/aromatic N) is 3. The lowest BCUT2D eigenvalue weighted by atomic mass is 9.91. The molecule has 106 valence electrons. The second kappa shape index (κ2) is 6.27. The van der Waals surface area contributed by atoms with Gasteiger partial charge in [-0.1, -0.05) is 0 Å². The highest BCUT2D eigenvalue weighted by molar-refractivity contribution is 9.10. The Hall–Kier alpha value is -0.870.